The van der Waals surface area contributed by atoms with Crippen molar-refractivity contribution < 1.29 is 0 Å². The van der Waals surface area contributed by atoms with Crippen molar-refractivity contribution in [2.45, 2.75) is 20.3 Å². The van der Waals surface area contributed by atoms with Gasteiger partial charge in [0.2, 0.25) is 0 Å². The van der Waals surface area contributed by atoms with Crippen molar-refractivity contribution in [1.29, 1.82) is 5.26 Å². The molecule has 2 rings (SSSR count). The van der Waals surface area contributed by atoms with Crippen LogP contribution in [-0.4, -0.2) is 9.97 Å². The van der Waals surface area contributed by atoms with Gasteiger partial charge in [-0.1, -0.05) is 6.92 Å². The largest absolute Gasteiger partial charge is 0.383 e. The molecule has 0 atom stereocenters. The molecule has 0 aliphatic rings. The van der Waals surface area contributed by atoms with Crippen LogP contribution in [0.2, 0.25) is 0 Å². The molecule has 0 fully saturated rings. The van der Waals surface area contributed by atoms with E-state index in [1.807, 2.05) is 26.0 Å². The molecular weight excluding hydrogens is 224 g/mol. The van der Waals surface area contributed by atoms with Gasteiger partial charge in [-0.25, -0.2) is 4.98 Å². The fourth-order valence-electron chi connectivity index (χ4n) is 2.15. The zero-order valence-corrected chi connectivity index (χ0v) is 10.4. The lowest BCUT2D eigenvalue weighted by atomic mass is 9.93. The Hall–Kier alpha value is -2.41. The number of anilines is 1. The summed E-state index contributed by atoms with van der Waals surface area (Å²) in [5.74, 6) is 0.291. The Labute approximate surface area is 106 Å². The second-order valence-corrected chi connectivity index (χ2v) is 4.01. The summed E-state index contributed by atoms with van der Waals surface area (Å²) in [6.07, 6.45) is 4.23. The number of hydrogen-bond acceptors (Lipinski definition) is 4. The number of nitrogen functional groups attached to an aromatic ring is 1. The average Bonchev–Trinajstić information content (AvgIpc) is 2.39. The van der Waals surface area contributed by atoms with Gasteiger partial charge in [-0.2, -0.15) is 5.26 Å². The van der Waals surface area contributed by atoms with E-state index in [-0.39, 0.29) is 0 Å². The Morgan fingerprint density at radius 3 is 2.56 bits per heavy atom. The minimum atomic E-state index is 0.291. The second kappa shape index (κ2) is 4.84. The second-order valence-electron chi connectivity index (χ2n) is 4.01. The SMILES string of the molecule is CCc1c(C)nc(N)c(C#N)c1-c1ccncc1. The summed E-state index contributed by atoms with van der Waals surface area (Å²) in [6, 6.07) is 5.92. The summed E-state index contributed by atoms with van der Waals surface area (Å²) < 4.78 is 0. The molecular formula is C14H14N4. The number of hydrogen-bond donors (Lipinski definition) is 1. The monoisotopic (exact) mass is 238 g/mol. The summed E-state index contributed by atoms with van der Waals surface area (Å²) in [4.78, 5) is 8.24. The maximum atomic E-state index is 9.29. The molecule has 0 saturated carbocycles. The van der Waals surface area contributed by atoms with Crippen molar-refractivity contribution in [3.63, 3.8) is 0 Å². The smallest absolute Gasteiger partial charge is 0.142 e. The molecule has 0 bridgehead atoms. The predicted octanol–water partition coefficient (Wildman–Crippen LogP) is 2.47. The summed E-state index contributed by atoms with van der Waals surface area (Å²) in [7, 11) is 0. The molecule has 0 unspecified atom stereocenters. The van der Waals surface area contributed by atoms with Crippen molar-refractivity contribution in [3.05, 3.63) is 41.3 Å². The van der Waals surface area contributed by atoms with Gasteiger partial charge >= 0.3 is 0 Å². The minimum Gasteiger partial charge on any atom is -0.383 e. The maximum absolute atomic E-state index is 9.29. The molecule has 0 amide bonds. The molecule has 2 aromatic rings. The summed E-state index contributed by atoms with van der Waals surface area (Å²) in [5.41, 5.74) is 10.1. The molecule has 2 aromatic heterocycles. The van der Waals surface area contributed by atoms with E-state index in [1.165, 1.54) is 0 Å². The quantitative estimate of drug-likeness (QED) is 0.872. The first-order chi connectivity index (χ1) is 8.69. The van der Waals surface area contributed by atoms with E-state index in [4.69, 9.17) is 5.73 Å². The van der Waals surface area contributed by atoms with Gasteiger partial charge in [-0.05, 0) is 36.6 Å². The standard InChI is InChI=1S/C14H14N4/c1-3-11-9(2)18-14(16)12(8-15)13(11)10-4-6-17-7-5-10/h4-7H,3H2,1-2H3,(H2,16,18). The summed E-state index contributed by atoms with van der Waals surface area (Å²) in [6.45, 7) is 3.97. The molecule has 4 heteroatoms. The molecule has 0 spiro atoms. The summed E-state index contributed by atoms with van der Waals surface area (Å²) >= 11 is 0. The lowest BCUT2D eigenvalue weighted by molar-refractivity contribution is 1.05. The first-order valence-electron chi connectivity index (χ1n) is 5.78. The first-order valence-corrected chi connectivity index (χ1v) is 5.78. The Morgan fingerprint density at radius 1 is 1.33 bits per heavy atom. The molecule has 90 valence electrons. The predicted molar refractivity (Wildman–Crippen MR) is 70.7 cm³/mol. The van der Waals surface area contributed by atoms with Crippen molar-refractivity contribution in [3.8, 4) is 17.2 Å². The topological polar surface area (TPSA) is 75.6 Å². The van der Waals surface area contributed by atoms with Crippen LogP contribution in [0.3, 0.4) is 0 Å². The average molecular weight is 238 g/mol. The lowest BCUT2D eigenvalue weighted by Gasteiger charge is -2.14. The number of aromatic nitrogens is 2. The van der Waals surface area contributed by atoms with Gasteiger partial charge in [-0.15, -0.1) is 0 Å². The highest BCUT2D eigenvalue weighted by atomic mass is 14.8. The van der Waals surface area contributed by atoms with Crippen LogP contribution in [0.4, 0.5) is 5.82 Å². The van der Waals surface area contributed by atoms with Crippen LogP contribution in [0.25, 0.3) is 11.1 Å². The Kier molecular flexibility index (Phi) is 3.24. The normalized spacial score (nSPS) is 10.1. The van der Waals surface area contributed by atoms with E-state index in [0.717, 1.165) is 28.8 Å². The number of rotatable bonds is 2. The van der Waals surface area contributed by atoms with Crippen LogP contribution in [0.5, 0.6) is 0 Å². The van der Waals surface area contributed by atoms with Crippen molar-refractivity contribution >= 4 is 5.82 Å². The van der Waals surface area contributed by atoms with Crippen LogP contribution in [0, 0.1) is 18.3 Å². The van der Waals surface area contributed by atoms with E-state index in [1.54, 1.807) is 12.4 Å². The zero-order chi connectivity index (χ0) is 13.1. The van der Waals surface area contributed by atoms with Crippen LogP contribution in [0.1, 0.15) is 23.7 Å². The fourth-order valence-corrected chi connectivity index (χ4v) is 2.15. The van der Waals surface area contributed by atoms with E-state index < -0.39 is 0 Å². The molecule has 18 heavy (non-hydrogen) atoms. The fraction of sp³-hybridized carbons (Fsp3) is 0.214. The minimum absolute atomic E-state index is 0.291. The number of nitrogens with zero attached hydrogens (tertiary/aromatic N) is 3. The molecule has 0 radical (unpaired) electrons. The van der Waals surface area contributed by atoms with E-state index in [2.05, 4.69) is 16.0 Å². The Morgan fingerprint density at radius 2 is 2.00 bits per heavy atom. The van der Waals surface area contributed by atoms with Crippen LogP contribution < -0.4 is 5.73 Å². The maximum Gasteiger partial charge on any atom is 0.142 e. The van der Waals surface area contributed by atoms with Crippen LogP contribution in [-0.2, 0) is 6.42 Å². The van der Waals surface area contributed by atoms with Gasteiger partial charge in [0, 0.05) is 23.7 Å². The summed E-state index contributed by atoms with van der Waals surface area (Å²) in [5, 5.41) is 9.29. The van der Waals surface area contributed by atoms with Crippen molar-refractivity contribution in [2.24, 2.45) is 0 Å². The van der Waals surface area contributed by atoms with E-state index >= 15 is 0 Å². The number of aryl methyl sites for hydroxylation is 1. The van der Waals surface area contributed by atoms with Gasteiger partial charge in [0.15, 0.2) is 0 Å². The first kappa shape index (κ1) is 12.1. The van der Waals surface area contributed by atoms with Crippen LogP contribution in [0.15, 0.2) is 24.5 Å². The molecule has 0 aromatic carbocycles. The highest BCUT2D eigenvalue weighted by Gasteiger charge is 2.16. The van der Waals surface area contributed by atoms with Gasteiger partial charge in [0.05, 0.1) is 0 Å². The third-order valence-corrected chi connectivity index (χ3v) is 2.97. The molecule has 0 aliphatic heterocycles. The van der Waals surface area contributed by atoms with Crippen molar-refractivity contribution in [1.82, 2.24) is 9.97 Å². The van der Waals surface area contributed by atoms with Gasteiger partial charge in [-0.3, -0.25) is 4.98 Å². The van der Waals surface area contributed by atoms with Gasteiger partial charge in [0.25, 0.3) is 0 Å². The van der Waals surface area contributed by atoms with Gasteiger partial charge in [0.1, 0.15) is 17.5 Å². The Bertz CT molecular complexity index is 612. The number of nitriles is 1. The molecule has 0 saturated heterocycles. The molecule has 2 heterocycles. The molecule has 2 N–H and O–H groups in total. The third-order valence-electron chi connectivity index (χ3n) is 2.97. The molecule has 4 nitrogen and oxygen atoms in total. The van der Waals surface area contributed by atoms with Crippen molar-refractivity contribution in [2.75, 3.05) is 5.73 Å². The third kappa shape index (κ3) is 1.91. The van der Waals surface area contributed by atoms with E-state index in [0.29, 0.717) is 11.4 Å². The Balaban J connectivity index is 2.83. The number of pyridine rings is 2. The number of nitrogens with two attached hydrogens (primary N) is 1. The lowest BCUT2D eigenvalue weighted by Crippen LogP contribution is -2.04. The van der Waals surface area contributed by atoms with E-state index in [9.17, 15) is 5.26 Å². The highest BCUT2D eigenvalue weighted by Crippen LogP contribution is 2.31. The van der Waals surface area contributed by atoms with Crippen LogP contribution >= 0.6 is 0 Å². The molecule has 0 aliphatic carbocycles. The highest BCUT2D eigenvalue weighted by molar-refractivity contribution is 5.78. The zero-order valence-electron chi connectivity index (χ0n) is 10.4. The van der Waals surface area contributed by atoms with Gasteiger partial charge < -0.3 is 5.73 Å².